The minimum atomic E-state index is -2.78. The minimum Gasteiger partial charge on any atom is -0.435 e. The normalized spacial score (nSPS) is 19.6. The molecule has 2 nitrogen and oxygen atoms in total. The smallest absolute Gasteiger partial charge is 0.387 e. The fourth-order valence-corrected chi connectivity index (χ4v) is 8.92. The van der Waals surface area contributed by atoms with Crippen molar-refractivity contribution in [3.63, 3.8) is 0 Å². The zero-order valence-corrected chi connectivity index (χ0v) is 34.5. The SMILES string of the molecule is CCCCC1CCC(CCc2ccc(-c3ccc(OC(F)F)cc3)cc2)CC1.CCCCCC1CCC(CCc2ccc(-c3ccc(OC(F)F)cc3)cc2)CC1. The van der Waals surface area contributed by atoms with Crippen molar-refractivity contribution >= 4 is 0 Å². The molecule has 4 aromatic carbocycles. The highest BCUT2D eigenvalue weighted by Crippen LogP contribution is 2.36. The molecule has 2 fully saturated rings. The van der Waals surface area contributed by atoms with Gasteiger partial charge in [0.05, 0.1) is 0 Å². The average molecular weight is 787 g/mol. The fraction of sp³-hybridized carbons (Fsp3) is 0.529. The molecule has 310 valence electrons. The second-order valence-corrected chi connectivity index (χ2v) is 16.7. The highest BCUT2D eigenvalue weighted by Gasteiger charge is 2.22. The summed E-state index contributed by atoms with van der Waals surface area (Å²) in [6.07, 6.45) is 25.9. The standard InChI is InChI=1S/C26H34F2O.C25H32F2O/c1-2-3-4-5-20-6-8-21(9-7-20)10-11-22-12-14-23(15-13-22)24-16-18-25(19-17-24)29-26(27)28;1-2-3-4-19-5-7-20(8-6-19)9-10-21-11-13-22(14-12-21)23-15-17-24(18-16-23)28-25(26)27/h12-21,26H,2-11H2,1H3;11-20,25H,2-10H2,1H3. The Kier molecular flexibility index (Phi) is 18.8. The summed E-state index contributed by atoms with van der Waals surface area (Å²) in [6, 6.07) is 31.0. The average Bonchev–Trinajstić information content (AvgIpc) is 3.23. The summed E-state index contributed by atoms with van der Waals surface area (Å²) in [5.41, 5.74) is 7.00. The molecular formula is C51H66F4O2. The van der Waals surface area contributed by atoms with E-state index in [1.807, 2.05) is 24.3 Å². The van der Waals surface area contributed by atoms with Crippen LogP contribution in [0.3, 0.4) is 0 Å². The van der Waals surface area contributed by atoms with Crippen LogP contribution in [-0.4, -0.2) is 13.2 Å². The maximum Gasteiger partial charge on any atom is 0.387 e. The third-order valence-electron chi connectivity index (χ3n) is 12.5. The van der Waals surface area contributed by atoms with Gasteiger partial charge in [-0.3, -0.25) is 0 Å². The monoisotopic (exact) mass is 786 g/mol. The summed E-state index contributed by atoms with van der Waals surface area (Å²) >= 11 is 0. The maximum atomic E-state index is 12.3. The predicted molar refractivity (Wildman–Crippen MR) is 228 cm³/mol. The largest absolute Gasteiger partial charge is 0.435 e. The van der Waals surface area contributed by atoms with E-state index in [4.69, 9.17) is 0 Å². The first-order valence-corrected chi connectivity index (χ1v) is 22.1. The van der Waals surface area contributed by atoms with Crippen molar-refractivity contribution in [2.45, 2.75) is 149 Å². The Bertz CT molecular complexity index is 1640. The molecule has 4 aromatic rings. The Morgan fingerprint density at radius 3 is 1.02 bits per heavy atom. The van der Waals surface area contributed by atoms with E-state index in [-0.39, 0.29) is 11.5 Å². The van der Waals surface area contributed by atoms with E-state index >= 15 is 0 Å². The molecule has 0 atom stereocenters. The zero-order valence-electron chi connectivity index (χ0n) is 34.5. The molecule has 6 rings (SSSR count). The number of benzene rings is 4. The van der Waals surface area contributed by atoms with Crippen LogP contribution in [-0.2, 0) is 12.8 Å². The number of halogens is 4. The number of unbranched alkanes of at least 4 members (excludes halogenated alkanes) is 3. The second kappa shape index (κ2) is 24.2. The van der Waals surface area contributed by atoms with Gasteiger partial charge in [-0.2, -0.15) is 17.6 Å². The molecule has 0 heterocycles. The van der Waals surface area contributed by atoms with Gasteiger partial charge in [0, 0.05) is 0 Å². The van der Waals surface area contributed by atoms with Crippen molar-refractivity contribution in [3.05, 3.63) is 108 Å². The first kappa shape index (κ1) is 44.3. The Morgan fingerprint density at radius 1 is 0.404 bits per heavy atom. The maximum absolute atomic E-state index is 12.3. The molecule has 2 aliphatic rings. The van der Waals surface area contributed by atoms with Crippen molar-refractivity contribution in [2.75, 3.05) is 0 Å². The van der Waals surface area contributed by atoms with E-state index in [0.29, 0.717) is 0 Å². The Balaban J connectivity index is 0.000000218. The number of hydrogen-bond donors (Lipinski definition) is 0. The number of alkyl halides is 4. The highest BCUT2D eigenvalue weighted by atomic mass is 19.3. The molecule has 2 saturated carbocycles. The van der Waals surface area contributed by atoms with Gasteiger partial charge in [0.25, 0.3) is 0 Å². The van der Waals surface area contributed by atoms with Gasteiger partial charge in [-0.25, -0.2) is 0 Å². The van der Waals surface area contributed by atoms with Crippen LogP contribution in [0.15, 0.2) is 97.1 Å². The molecule has 0 unspecified atom stereocenters. The molecule has 0 N–H and O–H groups in total. The third-order valence-corrected chi connectivity index (χ3v) is 12.5. The second-order valence-electron chi connectivity index (χ2n) is 16.7. The van der Waals surface area contributed by atoms with Crippen LogP contribution in [0.5, 0.6) is 11.5 Å². The highest BCUT2D eigenvalue weighted by molar-refractivity contribution is 5.65. The van der Waals surface area contributed by atoms with Crippen LogP contribution in [0, 0.1) is 23.7 Å². The van der Waals surface area contributed by atoms with E-state index in [2.05, 4.69) is 71.9 Å². The molecule has 2 aliphatic carbocycles. The quantitative estimate of drug-likeness (QED) is 0.0696. The summed E-state index contributed by atoms with van der Waals surface area (Å²) in [5, 5.41) is 0. The topological polar surface area (TPSA) is 18.5 Å². The minimum absolute atomic E-state index is 0.194. The molecule has 0 amide bonds. The lowest BCUT2D eigenvalue weighted by atomic mass is 9.78. The van der Waals surface area contributed by atoms with Gasteiger partial charge in [0.2, 0.25) is 0 Å². The molecule has 6 heteroatoms. The van der Waals surface area contributed by atoms with E-state index in [9.17, 15) is 17.6 Å². The van der Waals surface area contributed by atoms with Crippen LogP contribution in [0.4, 0.5) is 17.6 Å². The third kappa shape index (κ3) is 15.8. The van der Waals surface area contributed by atoms with Crippen molar-refractivity contribution < 1.29 is 27.0 Å². The summed E-state index contributed by atoms with van der Waals surface area (Å²) < 4.78 is 57.8. The van der Waals surface area contributed by atoms with Crippen LogP contribution >= 0.6 is 0 Å². The molecule has 0 radical (unpaired) electrons. The van der Waals surface area contributed by atoms with Crippen LogP contribution in [0.25, 0.3) is 22.3 Å². The van der Waals surface area contributed by atoms with Gasteiger partial charge < -0.3 is 9.47 Å². The lowest BCUT2D eigenvalue weighted by Crippen LogP contribution is -2.15. The predicted octanol–water partition coefficient (Wildman–Crippen LogP) is 16.2. The Labute approximate surface area is 340 Å². The van der Waals surface area contributed by atoms with E-state index < -0.39 is 13.2 Å². The van der Waals surface area contributed by atoms with Crippen LogP contribution in [0.1, 0.15) is 134 Å². The van der Waals surface area contributed by atoms with E-state index in [1.165, 1.54) is 120 Å². The summed E-state index contributed by atoms with van der Waals surface area (Å²) in [4.78, 5) is 0. The molecule has 0 spiro atoms. The van der Waals surface area contributed by atoms with Crippen LogP contribution in [0.2, 0.25) is 0 Å². The first-order chi connectivity index (χ1) is 27.8. The lowest BCUT2D eigenvalue weighted by Gasteiger charge is -2.28. The number of rotatable bonds is 19. The van der Waals surface area contributed by atoms with Crippen molar-refractivity contribution in [1.82, 2.24) is 0 Å². The molecule has 57 heavy (non-hydrogen) atoms. The number of aryl methyl sites for hydroxylation is 2. The number of ether oxygens (including phenoxy) is 2. The van der Waals surface area contributed by atoms with E-state index in [1.54, 1.807) is 24.3 Å². The van der Waals surface area contributed by atoms with Gasteiger partial charge in [-0.05, 0) is 107 Å². The number of hydrogen-bond acceptors (Lipinski definition) is 2. The molecule has 0 bridgehead atoms. The first-order valence-electron chi connectivity index (χ1n) is 22.1. The van der Waals surface area contributed by atoms with Gasteiger partial charge in [0.1, 0.15) is 11.5 Å². The van der Waals surface area contributed by atoms with Crippen molar-refractivity contribution in [3.8, 4) is 33.8 Å². The summed E-state index contributed by atoms with van der Waals surface area (Å²) in [6.45, 7) is -0.994. The lowest BCUT2D eigenvalue weighted by molar-refractivity contribution is -0.0505. The van der Waals surface area contributed by atoms with Gasteiger partial charge in [-0.15, -0.1) is 0 Å². The van der Waals surface area contributed by atoms with Crippen molar-refractivity contribution in [2.24, 2.45) is 23.7 Å². The molecule has 0 aliphatic heterocycles. The van der Waals surface area contributed by atoms with Gasteiger partial charge in [0.15, 0.2) is 0 Å². The van der Waals surface area contributed by atoms with Gasteiger partial charge in [-0.1, -0.05) is 183 Å². The summed E-state index contributed by atoms with van der Waals surface area (Å²) in [5.74, 6) is 4.13. The Morgan fingerprint density at radius 2 is 0.702 bits per heavy atom. The van der Waals surface area contributed by atoms with Crippen LogP contribution < -0.4 is 9.47 Å². The zero-order chi connectivity index (χ0) is 40.2. The van der Waals surface area contributed by atoms with E-state index in [0.717, 1.165) is 58.8 Å². The Hall–Kier alpha value is -3.80. The summed E-state index contributed by atoms with van der Waals surface area (Å²) in [7, 11) is 0. The van der Waals surface area contributed by atoms with Gasteiger partial charge >= 0.3 is 13.2 Å². The van der Waals surface area contributed by atoms with Crippen molar-refractivity contribution in [1.29, 1.82) is 0 Å². The fourth-order valence-electron chi connectivity index (χ4n) is 8.92. The molecular weight excluding hydrogens is 721 g/mol. The molecule has 0 aromatic heterocycles. The molecule has 0 saturated heterocycles.